The molecule has 0 saturated heterocycles. The molecule has 0 aliphatic rings. The lowest BCUT2D eigenvalue weighted by atomic mass is 9.98. The van der Waals surface area contributed by atoms with Gasteiger partial charge in [0.15, 0.2) is 5.82 Å². The summed E-state index contributed by atoms with van der Waals surface area (Å²) >= 11 is 0. The van der Waals surface area contributed by atoms with E-state index in [0.29, 0.717) is 18.1 Å². The summed E-state index contributed by atoms with van der Waals surface area (Å²) in [5, 5.41) is 11.4. The molecule has 7 heteroatoms. The van der Waals surface area contributed by atoms with Gasteiger partial charge in [0.25, 0.3) is 5.91 Å². The number of carbonyl (C=O) groups excluding carboxylic acids is 1. The molecule has 0 saturated carbocycles. The summed E-state index contributed by atoms with van der Waals surface area (Å²) in [5.74, 6) is 2.04. The zero-order chi connectivity index (χ0) is 23.8. The van der Waals surface area contributed by atoms with Crippen molar-refractivity contribution in [2.75, 3.05) is 20.8 Å². The van der Waals surface area contributed by atoms with Gasteiger partial charge >= 0.3 is 0 Å². The number of amides is 1. The van der Waals surface area contributed by atoms with Gasteiger partial charge in [-0.3, -0.25) is 9.36 Å². The molecule has 0 fully saturated rings. The van der Waals surface area contributed by atoms with E-state index in [2.05, 4.69) is 29.4 Å². The number of aryl methyl sites for hydroxylation is 1. The minimum Gasteiger partial charge on any atom is -0.496 e. The second-order valence-corrected chi connectivity index (χ2v) is 7.33. The van der Waals surface area contributed by atoms with Gasteiger partial charge in [-0.25, -0.2) is 0 Å². The van der Waals surface area contributed by atoms with Crippen molar-refractivity contribution in [2.24, 2.45) is 0 Å². The summed E-state index contributed by atoms with van der Waals surface area (Å²) in [6.45, 7) is 12.6. The maximum atomic E-state index is 12.7. The summed E-state index contributed by atoms with van der Waals surface area (Å²) in [5.41, 5.74) is 3.68. The highest BCUT2D eigenvalue weighted by Crippen LogP contribution is 2.39. The fraction of sp³-hybridized carbons (Fsp3) is 0.400. The van der Waals surface area contributed by atoms with Crippen LogP contribution in [-0.2, 0) is 0 Å². The molecule has 0 atom stereocenters. The molecule has 32 heavy (non-hydrogen) atoms. The van der Waals surface area contributed by atoms with Gasteiger partial charge in [-0.15, -0.1) is 10.2 Å². The minimum absolute atomic E-state index is 0.222. The highest BCUT2D eigenvalue weighted by molar-refractivity contribution is 5.92. The molecule has 0 spiro atoms. The number of methoxy groups -OCH3 is 2. The van der Waals surface area contributed by atoms with E-state index < -0.39 is 0 Å². The number of aromatic nitrogens is 3. The average Bonchev–Trinajstić information content (AvgIpc) is 3.25. The summed E-state index contributed by atoms with van der Waals surface area (Å²) in [6.07, 6.45) is 0. The average molecular weight is 439 g/mol. The number of nitrogens with one attached hydrogen (secondary N) is 1. The molecular weight excluding hydrogens is 404 g/mol. The first-order chi connectivity index (χ1) is 15.4. The molecule has 3 rings (SSSR count). The number of carbonyl (C=O) groups is 1. The Labute approximate surface area is 190 Å². The van der Waals surface area contributed by atoms with E-state index in [1.807, 2.05) is 64.1 Å². The SMILES string of the molecule is CC.CCNC(=O)c1nnc(-c2cc(C(C)C)c(OC)cc2OC)n1-c1ccc(C)cc1. The molecule has 1 N–H and O–H groups in total. The Kier molecular flexibility index (Phi) is 8.81. The second kappa shape index (κ2) is 11.3. The van der Waals surface area contributed by atoms with Gasteiger partial charge in [-0.2, -0.15) is 0 Å². The largest absolute Gasteiger partial charge is 0.496 e. The van der Waals surface area contributed by atoms with Gasteiger partial charge < -0.3 is 14.8 Å². The van der Waals surface area contributed by atoms with E-state index in [9.17, 15) is 4.79 Å². The van der Waals surface area contributed by atoms with Crippen molar-refractivity contribution in [3.05, 3.63) is 53.3 Å². The van der Waals surface area contributed by atoms with Crippen LogP contribution in [0, 0.1) is 6.92 Å². The Hall–Kier alpha value is -3.35. The molecule has 0 aliphatic heterocycles. The highest BCUT2D eigenvalue weighted by atomic mass is 16.5. The molecule has 0 aliphatic carbocycles. The van der Waals surface area contributed by atoms with Gasteiger partial charge in [0.1, 0.15) is 11.5 Å². The predicted molar refractivity (Wildman–Crippen MR) is 128 cm³/mol. The summed E-state index contributed by atoms with van der Waals surface area (Å²) in [7, 11) is 3.24. The molecule has 0 unspecified atom stereocenters. The van der Waals surface area contributed by atoms with Crippen molar-refractivity contribution in [3.8, 4) is 28.6 Å². The molecule has 1 amide bonds. The molecule has 1 heterocycles. The lowest BCUT2D eigenvalue weighted by molar-refractivity contribution is 0.0943. The fourth-order valence-corrected chi connectivity index (χ4v) is 3.33. The number of ether oxygens (including phenoxy) is 2. The second-order valence-electron chi connectivity index (χ2n) is 7.33. The van der Waals surface area contributed by atoms with Crippen LogP contribution in [-0.4, -0.2) is 41.4 Å². The zero-order valence-corrected chi connectivity index (χ0v) is 20.3. The fourth-order valence-electron chi connectivity index (χ4n) is 3.33. The van der Waals surface area contributed by atoms with Crippen LogP contribution < -0.4 is 14.8 Å². The molecular formula is C25H34N4O3. The standard InChI is InChI=1S/C23H28N4O3.C2H6/c1-7-24-23(28)22-26-25-21(27(22)16-10-8-15(4)9-11-16)18-12-17(14(2)3)19(29-5)13-20(18)30-6;1-2/h8-14H,7H2,1-6H3,(H,24,28);1-2H3. The van der Waals surface area contributed by atoms with Crippen molar-refractivity contribution in [2.45, 2.75) is 47.5 Å². The maximum absolute atomic E-state index is 12.7. The highest BCUT2D eigenvalue weighted by Gasteiger charge is 2.24. The minimum atomic E-state index is -0.284. The first-order valence-electron chi connectivity index (χ1n) is 11.0. The van der Waals surface area contributed by atoms with Crippen LogP contribution in [0.4, 0.5) is 0 Å². The number of rotatable bonds is 7. The lowest BCUT2D eigenvalue weighted by Gasteiger charge is -2.18. The van der Waals surface area contributed by atoms with Crippen LogP contribution >= 0.6 is 0 Å². The van der Waals surface area contributed by atoms with E-state index in [1.54, 1.807) is 18.8 Å². The molecule has 0 bridgehead atoms. The topological polar surface area (TPSA) is 78.3 Å². The molecule has 1 aromatic heterocycles. The first kappa shape index (κ1) is 24.9. The first-order valence-corrected chi connectivity index (χ1v) is 11.0. The number of nitrogens with zero attached hydrogens (tertiary/aromatic N) is 3. The predicted octanol–water partition coefficient (Wildman–Crippen LogP) is 5.16. The summed E-state index contributed by atoms with van der Waals surface area (Å²) in [6, 6.07) is 11.7. The van der Waals surface area contributed by atoms with Gasteiger partial charge in [0, 0.05) is 18.3 Å². The summed E-state index contributed by atoms with van der Waals surface area (Å²) < 4.78 is 13.0. The van der Waals surface area contributed by atoms with Crippen LogP contribution in [0.2, 0.25) is 0 Å². The van der Waals surface area contributed by atoms with Crippen LogP contribution in [0.1, 0.15) is 62.3 Å². The van der Waals surface area contributed by atoms with Crippen molar-refractivity contribution in [1.29, 1.82) is 0 Å². The zero-order valence-electron chi connectivity index (χ0n) is 20.3. The molecule has 3 aromatic rings. The van der Waals surface area contributed by atoms with Crippen molar-refractivity contribution >= 4 is 5.91 Å². The Morgan fingerprint density at radius 1 is 1.03 bits per heavy atom. The Balaban J connectivity index is 0.00000176. The Morgan fingerprint density at radius 2 is 1.66 bits per heavy atom. The van der Waals surface area contributed by atoms with Crippen LogP contribution in [0.25, 0.3) is 17.1 Å². The summed E-state index contributed by atoms with van der Waals surface area (Å²) in [4.78, 5) is 12.7. The Morgan fingerprint density at radius 3 is 2.19 bits per heavy atom. The number of hydrogen-bond donors (Lipinski definition) is 1. The smallest absolute Gasteiger partial charge is 0.289 e. The van der Waals surface area contributed by atoms with E-state index in [4.69, 9.17) is 9.47 Å². The van der Waals surface area contributed by atoms with Gasteiger partial charge in [0.2, 0.25) is 5.82 Å². The third kappa shape index (κ3) is 5.10. The van der Waals surface area contributed by atoms with E-state index in [0.717, 1.165) is 28.1 Å². The monoisotopic (exact) mass is 438 g/mol. The molecule has 7 nitrogen and oxygen atoms in total. The maximum Gasteiger partial charge on any atom is 0.289 e. The van der Waals surface area contributed by atoms with Crippen LogP contribution in [0.15, 0.2) is 36.4 Å². The van der Waals surface area contributed by atoms with Gasteiger partial charge in [-0.1, -0.05) is 45.4 Å². The molecule has 172 valence electrons. The van der Waals surface area contributed by atoms with Gasteiger partial charge in [-0.05, 0) is 43.5 Å². The van der Waals surface area contributed by atoms with Crippen LogP contribution in [0.5, 0.6) is 11.5 Å². The third-order valence-corrected chi connectivity index (χ3v) is 4.91. The number of benzene rings is 2. The molecule has 2 aromatic carbocycles. The van der Waals surface area contributed by atoms with E-state index in [1.165, 1.54) is 0 Å². The normalized spacial score (nSPS) is 10.4. The van der Waals surface area contributed by atoms with Gasteiger partial charge in [0.05, 0.1) is 19.8 Å². The van der Waals surface area contributed by atoms with Crippen molar-refractivity contribution in [1.82, 2.24) is 20.1 Å². The lowest BCUT2D eigenvalue weighted by Crippen LogP contribution is -2.26. The van der Waals surface area contributed by atoms with Crippen LogP contribution in [0.3, 0.4) is 0 Å². The van der Waals surface area contributed by atoms with Crippen molar-refractivity contribution in [3.63, 3.8) is 0 Å². The van der Waals surface area contributed by atoms with E-state index in [-0.39, 0.29) is 17.6 Å². The van der Waals surface area contributed by atoms with E-state index >= 15 is 0 Å². The number of hydrogen-bond acceptors (Lipinski definition) is 5. The van der Waals surface area contributed by atoms with Crippen molar-refractivity contribution < 1.29 is 14.3 Å². The quantitative estimate of drug-likeness (QED) is 0.551. The third-order valence-electron chi connectivity index (χ3n) is 4.91. The molecule has 0 radical (unpaired) electrons. The Bertz CT molecular complexity index is 1040.